The third kappa shape index (κ3) is 2.99. The number of benzene rings is 2. The lowest BCUT2D eigenvalue weighted by atomic mass is 9.91. The second-order valence-electron chi connectivity index (χ2n) is 4.47. The molecule has 0 radical (unpaired) electrons. The van der Waals surface area contributed by atoms with Crippen molar-refractivity contribution in [1.82, 2.24) is 0 Å². The first-order valence-electron chi connectivity index (χ1n) is 6.23. The second kappa shape index (κ2) is 5.94. The van der Waals surface area contributed by atoms with Crippen molar-refractivity contribution in [2.45, 2.75) is 12.8 Å². The average Bonchev–Trinajstić information content (AvgIpc) is 2.44. The van der Waals surface area contributed by atoms with Crippen molar-refractivity contribution in [3.05, 3.63) is 59.7 Å². The van der Waals surface area contributed by atoms with Crippen LogP contribution in [-0.4, -0.2) is 11.0 Å². The van der Waals surface area contributed by atoms with Crippen molar-refractivity contribution >= 4 is 11.6 Å². The molecule has 1 atom stereocenters. The summed E-state index contributed by atoms with van der Waals surface area (Å²) >= 11 is 0. The molecule has 3 heteroatoms. The van der Waals surface area contributed by atoms with Crippen LogP contribution in [0.3, 0.4) is 0 Å². The van der Waals surface area contributed by atoms with Crippen LogP contribution >= 0.6 is 0 Å². The lowest BCUT2D eigenvalue weighted by molar-refractivity contribution is -0.114. The summed E-state index contributed by atoms with van der Waals surface area (Å²) in [6.45, 7) is 1.43. The molecule has 0 saturated heterocycles. The Morgan fingerprint density at radius 2 is 1.95 bits per heavy atom. The number of carbonyl (C=O) groups excluding carboxylic acids is 1. The third-order valence-electron chi connectivity index (χ3n) is 2.96. The Labute approximate surface area is 118 Å². The molecule has 1 amide bonds. The summed E-state index contributed by atoms with van der Waals surface area (Å²) in [5.74, 6) is 2.28. The first kappa shape index (κ1) is 13.7. The molecule has 0 aliphatic rings. The van der Waals surface area contributed by atoms with Crippen LogP contribution in [0.5, 0.6) is 5.75 Å². The van der Waals surface area contributed by atoms with Gasteiger partial charge in [-0.2, -0.15) is 0 Å². The molecule has 2 rings (SSSR count). The normalized spacial score (nSPS) is 11.4. The minimum Gasteiger partial charge on any atom is -0.508 e. The van der Waals surface area contributed by atoms with Crippen LogP contribution in [0, 0.1) is 12.3 Å². The van der Waals surface area contributed by atoms with Gasteiger partial charge in [0, 0.05) is 18.2 Å². The Kier molecular flexibility index (Phi) is 4.07. The van der Waals surface area contributed by atoms with Gasteiger partial charge in [0.1, 0.15) is 5.75 Å². The van der Waals surface area contributed by atoms with Gasteiger partial charge >= 0.3 is 0 Å². The van der Waals surface area contributed by atoms with Gasteiger partial charge in [0.2, 0.25) is 5.91 Å². The Balaban J connectivity index is 2.44. The molecule has 0 saturated carbocycles. The lowest BCUT2D eigenvalue weighted by Crippen LogP contribution is -2.07. The number of carbonyl (C=O) groups is 1. The van der Waals surface area contributed by atoms with Crippen LogP contribution in [0.1, 0.15) is 24.0 Å². The molecule has 2 aromatic rings. The zero-order valence-electron chi connectivity index (χ0n) is 11.1. The van der Waals surface area contributed by atoms with E-state index in [1.807, 2.05) is 30.3 Å². The van der Waals surface area contributed by atoms with E-state index in [1.54, 1.807) is 12.1 Å². The quantitative estimate of drug-likeness (QED) is 0.661. The Bertz CT molecular complexity index is 656. The minimum atomic E-state index is -0.357. The summed E-state index contributed by atoms with van der Waals surface area (Å²) in [4.78, 5) is 11.1. The molecule has 100 valence electrons. The SMILES string of the molecule is C#CC(c1ccccc1)c1cc(NC(C)=O)ccc1O. The molecule has 0 aliphatic heterocycles. The van der Waals surface area contributed by atoms with Gasteiger partial charge in [-0.25, -0.2) is 0 Å². The topological polar surface area (TPSA) is 49.3 Å². The van der Waals surface area contributed by atoms with Gasteiger partial charge in [-0.1, -0.05) is 36.3 Å². The number of rotatable bonds is 3. The Morgan fingerprint density at radius 3 is 2.55 bits per heavy atom. The van der Waals surface area contributed by atoms with Crippen LogP contribution < -0.4 is 5.32 Å². The molecule has 3 nitrogen and oxygen atoms in total. The molecular weight excluding hydrogens is 250 g/mol. The van der Waals surface area contributed by atoms with Gasteiger partial charge < -0.3 is 10.4 Å². The van der Waals surface area contributed by atoms with Gasteiger partial charge in [0.05, 0.1) is 5.92 Å². The summed E-state index contributed by atoms with van der Waals surface area (Å²) in [6.07, 6.45) is 5.61. The predicted octanol–water partition coefficient (Wildman–Crippen LogP) is 3.12. The fraction of sp³-hybridized carbons (Fsp3) is 0.118. The molecule has 0 fully saturated rings. The van der Waals surface area contributed by atoms with Crippen molar-refractivity contribution in [2.75, 3.05) is 5.32 Å². The molecular formula is C17H15NO2. The molecule has 0 aromatic heterocycles. The predicted molar refractivity (Wildman–Crippen MR) is 79.5 cm³/mol. The first-order valence-corrected chi connectivity index (χ1v) is 6.23. The van der Waals surface area contributed by atoms with Crippen molar-refractivity contribution in [3.8, 4) is 18.1 Å². The second-order valence-corrected chi connectivity index (χ2v) is 4.47. The Morgan fingerprint density at radius 1 is 1.25 bits per heavy atom. The highest BCUT2D eigenvalue weighted by atomic mass is 16.3. The van der Waals surface area contributed by atoms with Gasteiger partial charge in [0.25, 0.3) is 0 Å². The highest BCUT2D eigenvalue weighted by molar-refractivity contribution is 5.88. The third-order valence-corrected chi connectivity index (χ3v) is 2.96. The molecule has 1 unspecified atom stereocenters. The van der Waals surface area contributed by atoms with Gasteiger partial charge in [-0.05, 0) is 23.8 Å². The van der Waals surface area contributed by atoms with E-state index < -0.39 is 0 Å². The van der Waals surface area contributed by atoms with E-state index in [4.69, 9.17) is 6.42 Å². The number of phenolic OH excluding ortho intramolecular Hbond substituents is 1. The molecule has 0 aliphatic carbocycles. The maximum absolute atomic E-state index is 11.1. The number of hydrogen-bond acceptors (Lipinski definition) is 2. The first-order chi connectivity index (χ1) is 9.61. The van der Waals surface area contributed by atoms with E-state index in [0.29, 0.717) is 11.3 Å². The van der Waals surface area contributed by atoms with Crippen LogP contribution in [0.2, 0.25) is 0 Å². The summed E-state index contributed by atoms with van der Waals surface area (Å²) in [6, 6.07) is 14.4. The molecule has 20 heavy (non-hydrogen) atoms. The van der Waals surface area contributed by atoms with Crippen molar-refractivity contribution in [3.63, 3.8) is 0 Å². The number of anilines is 1. The number of hydrogen-bond donors (Lipinski definition) is 2. The van der Waals surface area contributed by atoms with Crippen LogP contribution in [0.15, 0.2) is 48.5 Å². The van der Waals surface area contributed by atoms with E-state index in [1.165, 1.54) is 13.0 Å². The van der Waals surface area contributed by atoms with Crippen molar-refractivity contribution < 1.29 is 9.90 Å². The summed E-state index contributed by atoms with van der Waals surface area (Å²) in [5.41, 5.74) is 2.14. The van der Waals surface area contributed by atoms with Crippen LogP contribution in [-0.2, 0) is 4.79 Å². The van der Waals surface area contributed by atoms with E-state index in [-0.39, 0.29) is 17.6 Å². The fourth-order valence-corrected chi connectivity index (χ4v) is 2.08. The number of aromatic hydroxyl groups is 1. The highest BCUT2D eigenvalue weighted by Gasteiger charge is 2.16. The summed E-state index contributed by atoms with van der Waals surface area (Å²) in [7, 11) is 0. The van der Waals surface area contributed by atoms with Gasteiger partial charge in [-0.3, -0.25) is 4.79 Å². The molecule has 2 aromatic carbocycles. The number of nitrogens with one attached hydrogen (secondary N) is 1. The van der Waals surface area contributed by atoms with Crippen LogP contribution in [0.4, 0.5) is 5.69 Å². The number of phenols is 1. The maximum atomic E-state index is 11.1. The Hall–Kier alpha value is -2.73. The standard InChI is InChI=1S/C17H15NO2/c1-3-15(13-7-5-4-6-8-13)16-11-14(18-12(2)19)9-10-17(16)20/h1,4-11,15,20H,2H3,(H,18,19). The van der Waals surface area contributed by atoms with E-state index in [2.05, 4.69) is 11.2 Å². The van der Waals surface area contributed by atoms with E-state index >= 15 is 0 Å². The fourth-order valence-electron chi connectivity index (χ4n) is 2.08. The smallest absolute Gasteiger partial charge is 0.221 e. The van der Waals surface area contributed by atoms with E-state index in [9.17, 15) is 9.90 Å². The molecule has 2 N–H and O–H groups in total. The zero-order valence-corrected chi connectivity index (χ0v) is 11.1. The van der Waals surface area contributed by atoms with Gasteiger partial charge in [-0.15, -0.1) is 6.42 Å². The number of terminal acetylenes is 1. The average molecular weight is 265 g/mol. The van der Waals surface area contributed by atoms with Crippen molar-refractivity contribution in [1.29, 1.82) is 0 Å². The molecule has 0 heterocycles. The van der Waals surface area contributed by atoms with Crippen molar-refractivity contribution in [2.24, 2.45) is 0 Å². The van der Waals surface area contributed by atoms with Crippen LogP contribution in [0.25, 0.3) is 0 Å². The lowest BCUT2D eigenvalue weighted by Gasteiger charge is -2.15. The van der Waals surface area contributed by atoms with Gasteiger partial charge in [0.15, 0.2) is 0 Å². The molecule has 0 bridgehead atoms. The zero-order chi connectivity index (χ0) is 14.5. The number of amides is 1. The molecule has 0 spiro atoms. The largest absolute Gasteiger partial charge is 0.508 e. The summed E-state index contributed by atoms with van der Waals surface area (Å²) < 4.78 is 0. The minimum absolute atomic E-state index is 0.117. The summed E-state index contributed by atoms with van der Waals surface area (Å²) in [5, 5.41) is 12.7. The monoisotopic (exact) mass is 265 g/mol. The van der Waals surface area contributed by atoms with E-state index in [0.717, 1.165) is 5.56 Å². The maximum Gasteiger partial charge on any atom is 0.221 e. The highest BCUT2D eigenvalue weighted by Crippen LogP contribution is 2.32.